The van der Waals surface area contributed by atoms with Gasteiger partial charge in [-0.05, 0) is 30.7 Å². The highest BCUT2D eigenvalue weighted by atomic mass is 35.5. The van der Waals surface area contributed by atoms with Gasteiger partial charge in [-0.3, -0.25) is 0 Å². The van der Waals surface area contributed by atoms with Crippen LogP contribution < -0.4 is 10.5 Å². The molecule has 0 aliphatic rings. The standard InChI is InChI=1S/C15H13Cl2F2NO/c1-15(20,9-4-3-8(21-2)5-13(9)18)10-6-14(19)12(17)7-11(10)16/h3-7H,20H2,1-2H3. The van der Waals surface area contributed by atoms with Crippen LogP contribution in [0, 0.1) is 11.6 Å². The van der Waals surface area contributed by atoms with Gasteiger partial charge in [0.25, 0.3) is 0 Å². The first kappa shape index (κ1) is 16.0. The van der Waals surface area contributed by atoms with E-state index in [0.29, 0.717) is 5.75 Å². The fraction of sp³-hybridized carbons (Fsp3) is 0.200. The van der Waals surface area contributed by atoms with E-state index in [2.05, 4.69) is 0 Å². The molecule has 112 valence electrons. The van der Waals surface area contributed by atoms with Gasteiger partial charge in [0.05, 0.1) is 17.7 Å². The molecule has 0 heterocycles. The Hall–Kier alpha value is -1.36. The maximum atomic E-state index is 14.2. The van der Waals surface area contributed by atoms with Gasteiger partial charge in [-0.15, -0.1) is 0 Å². The first-order valence-electron chi connectivity index (χ1n) is 6.05. The lowest BCUT2D eigenvalue weighted by atomic mass is 9.85. The van der Waals surface area contributed by atoms with Crippen molar-refractivity contribution in [2.75, 3.05) is 7.11 Å². The predicted molar refractivity (Wildman–Crippen MR) is 80.0 cm³/mol. The number of methoxy groups -OCH3 is 1. The van der Waals surface area contributed by atoms with Crippen LogP contribution in [0.2, 0.25) is 10.0 Å². The molecule has 0 spiro atoms. The van der Waals surface area contributed by atoms with Gasteiger partial charge in [-0.2, -0.15) is 0 Å². The average molecular weight is 332 g/mol. The summed E-state index contributed by atoms with van der Waals surface area (Å²) < 4.78 is 32.8. The number of halogens is 4. The van der Waals surface area contributed by atoms with Crippen molar-refractivity contribution in [3.05, 3.63) is 63.1 Å². The molecule has 2 N–H and O–H groups in total. The zero-order chi connectivity index (χ0) is 15.8. The summed E-state index contributed by atoms with van der Waals surface area (Å²) >= 11 is 11.7. The topological polar surface area (TPSA) is 35.2 Å². The molecular weight excluding hydrogens is 319 g/mol. The van der Waals surface area contributed by atoms with E-state index in [9.17, 15) is 8.78 Å². The van der Waals surface area contributed by atoms with Crippen LogP contribution in [0.1, 0.15) is 18.1 Å². The zero-order valence-corrected chi connectivity index (χ0v) is 12.9. The van der Waals surface area contributed by atoms with Crippen molar-refractivity contribution in [3.8, 4) is 5.75 Å². The van der Waals surface area contributed by atoms with Crippen molar-refractivity contribution in [1.82, 2.24) is 0 Å². The summed E-state index contributed by atoms with van der Waals surface area (Å²) in [7, 11) is 1.43. The molecular formula is C15H13Cl2F2NO. The van der Waals surface area contributed by atoms with Crippen LogP contribution in [0.5, 0.6) is 5.75 Å². The Kier molecular flexibility index (Phi) is 4.42. The Morgan fingerprint density at radius 1 is 1.00 bits per heavy atom. The highest BCUT2D eigenvalue weighted by molar-refractivity contribution is 6.35. The van der Waals surface area contributed by atoms with E-state index in [1.165, 1.54) is 25.3 Å². The van der Waals surface area contributed by atoms with Gasteiger partial charge in [-0.1, -0.05) is 29.3 Å². The van der Waals surface area contributed by atoms with Crippen LogP contribution in [0.3, 0.4) is 0 Å². The van der Waals surface area contributed by atoms with E-state index in [4.69, 9.17) is 33.7 Å². The zero-order valence-electron chi connectivity index (χ0n) is 11.4. The first-order chi connectivity index (χ1) is 9.77. The van der Waals surface area contributed by atoms with Crippen molar-refractivity contribution in [3.63, 3.8) is 0 Å². The quantitative estimate of drug-likeness (QED) is 0.840. The van der Waals surface area contributed by atoms with E-state index in [0.717, 1.165) is 6.07 Å². The van der Waals surface area contributed by atoms with Crippen LogP contribution in [-0.4, -0.2) is 7.11 Å². The molecule has 1 unspecified atom stereocenters. The van der Waals surface area contributed by atoms with Crippen LogP contribution >= 0.6 is 23.2 Å². The minimum atomic E-state index is -1.32. The fourth-order valence-electron chi connectivity index (χ4n) is 2.11. The van der Waals surface area contributed by atoms with Gasteiger partial charge < -0.3 is 10.5 Å². The number of ether oxygens (including phenoxy) is 1. The van der Waals surface area contributed by atoms with E-state index in [-0.39, 0.29) is 21.2 Å². The second-order valence-corrected chi connectivity index (χ2v) is 5.61. The minimum absolute atomic E-state index is 0.116. The van der Waals surface area contributed by atoms with Crippen LogP contribution in [0.4, 0.5) is 8.78 Å². The van der Waals surface area contributed by atoms with Gasteiger partial charge in [0.15, 0.2) is 0 Å². The summed E-state index contributed by atoms with van der Waals surface area (Å²) in [5.41, 5.74) is 5.29. The molecule has 0 aliphatic heterocycles. The largest absolute Gasteiger partial charge is 0.497 e. The Morgan fingerprint density at radius 2 is 1.67 bits per heavy atom. The van der Waals surface area contributed by atoms with Gasteiger partial charge in [0.2, 0.25) is 0 Å². The van der Waals surface area contributed by atoms with Crippen molar-refractivity contribution < 1.29 is 13.5 Å². The lowest BCUT2D eigenvalue weighted by Crippen LogP contribution is -2.35. The monoisotopic (exact) mass is 331 g/mol. The van der Waals surface area contributed by atoms with Gasteiger partial charge >= 0.3 is 0 Å². The van der Waals surface area contributed by atoms with Crippen molar-refractivity contribution in [2.45, 2.75) is 12.5 Å². The lowest BCUT2D eigenvalue weighted by molar-refractivity contribution is 0.409. The van der Waals surface area contributed by atoms with Crippen molar-refractivity contribution in [2.24, 2.45) is 5.73 Å². The maximum absolute atomic E-state index is 14.2. The van der Waals surface area contributed by atoms with Crippen molar-refractivity contribution in [1.29, 1.82) is 0 Å². The average Bonchev–Trinajstić information content (AvgIpc) is 2.42. The molecule has 0 radical (unpaired) electrons. The molecule has 0 fully saturated rings. The molecule has 0 bridgehead atoms. The molecule has 6 heteroatoms. The molecule has 1 atom stereocenters. The smallest absolute Gasteiger partial charge is 0.142 e. The first-order valence-corrected chi connectivity index (χ1v) is 6.81. The summed E-state index contributed by atoms with van der Waals surface area (Å²) in [4.78, 5) is 0. The molecule has 0 aromatic heterocycles. The fourth-order valence-corrected chi connectivity index (χ4v) is 2.69. The number of benzene rings is 2. The van der Waals surface area contributed by atoms with Crippen LogP contribution in [0.25, 0.3) is 0 Å². The molecule has 0 saturated heterocycles. The van der Waals surface area contributed by atoms with Crippen LogP contribution in [-0.2, 0) is 5.54 Å². The predicted octanol–water partition coefficient (Wildman–Crippen LogP) is 4.50. The Morgan fingerprint density at radius 3 is 2.24 bits per heavy atom. The number of hydrogen-bond donors (Lipinski definition) is 1. The highest BCUT2D eigenvalue weighted by Gasteiger charge is 2.30. The molecule has 0 aliphatic carbocycles. The normalized spacial score (nSPS) is 13.9. The molecule has 2 aromatic carbocycles. The molecule has 2 aromatic rings. The molecule has 0 amide bonds. The highest BCUT2D eigenvalue weighted by Crippen LogP contribution is 2.36. The summed E-state index contributed by atoms with van der Waals surface area (Å²) in [5.74, 6) is -0.868. The third-order valence-corrected chi connectivity index (χ3v) is 3.91. The maximum Gasteiger partial charge on any atom is 0.142 e. The van der Waals surface area contributed by atoms with Gasteiger partial charge in [0, 0.05) is 16.7 Å². The van der Waals surface area contributed by atoms with E-state index in [1.54, 1.807) is 13.0 Å². The molecule has 2 rings (SSSR count). The Labute approximate surface area is 131 Å². The molecule has 0 saturated carbocycles. The summed E-state index contributed by atoms with van der Waals surface area (Å²) in [6.07, 6.45) is 0. The third kappa shape index (κ3) is 2.98. The number of nitrogens with two attached hydrogens (primary N) is 1. The van der Waals surface area contributed by atoms with E-state index >= 15 is 0 Å². The lowest BCUT2D eigenvalue weighted by Gasteiger charge is -2.27. The summed E-state index contributed by atoms with van der Waals surface area (Å²) in [6.45, 7) is 1.55. The van der Waals surface area contributed by atoms with Crippen LogP contribution in [0.15, 0.2) is 30.3 Å². The third-order valence-electron chi connectivity index (χ3n) is 3.31. The van der Waals surface area contributed by atoms with E-state index in [1.807, 2.05) is 0 Å². The van der Waals surface area contributed by atoms with Gasteiger partial charge in [-0.25, -0.2) is 8.78 Å². The number of rotatable bonds is 3. The Bertz CT molecular complexity index is 690. The Balaban J connectivity index is 2.59. The van der Waals surface area contributed by atoms with Gasteiger partial charge in [0.1, 0.15) is 17.4 Å². The molecule has 2 nitrogen and oxygen atoms in total. The summed E-state index contributed by atoms with van der Waals surface area (Å²) in [6, 6.07) is 6.63. The number of hydrogen-bond acceptors (Lipinski definition) is 2. The second kappa shape index (κ2) is 5.79. The SMILES string of the molecule is COc1ccc(C(C)(N)c2cc(F)c(Cl)cc2Cl)c(F)c1. The second-order valence-electron chi connectivity index (χ2n) is 4.79. The minimum Gasteiger partial charge on any atom is -0.497 e. The molecule has 21 heavy (non-hydrogen) atoms. The van der Waals surface area contributed by atoms with Crippen molar-refractivity contribution >= 4 is 23.2 Å². The van der Waals surface area contributed by atoms with E-state index < -0.39 is 17.2 Å². The summed E-state index contributed by atoms with van der Waals surface area (Å²) in [5, 5.41) is 0.0522.